The molecule has 0 amide bonds. The fourth-order valence-electron chi connectivity index (χ4n) is 2.54. The SMILES string of the molecule is Cc1ccc(S(=O)(=O)Nc2ccc(Oc3ccc(-n4cccn4)nn3)cc2)cc1. The molecule has 0 saturated heterocycles. The van der Waals surface area contributed by atoms with E-state index in [1.807, 2.05) is 6.92 Å². The van der Waals surface area contributed by atoms with Gasteiger partial charge in [-0.1, -0.05) is 17.7 Å². The molecule has 4 rings (SSSR count). The van der Waals surface area contributed by atoms with Crippen LogP contribution in [0.25, 0.3) is 5.82 Å². The fraction of sp³-hybridized carbons (Fsp3) is 0.0500. The Bertz CT molecular complexity index is 1190. The number of rotatable bonds is 6. The highest BCUT2D eigenvalue weighted by Crippen LogP contribution is 2.23. The van der Waals surface area contributed by atoms with Gasteiger partial charge >= 0.3 is 0 Å². The highest BCUT2D eigenvalue weighted by Gasteiger charge is 2.13. The molecule has 2 aromatic carbocycles. The highest BCUT2D eigenvalue weighted by molar-refractivity contribution is 7.92. The first-order chi connectivity index (χ1) is 14.0. The van der Waals surface area contributed by atoms with Gasteiger partial charge in [0.05, 0.1) is 4.90 Å². The Labute approximate surface area is 167 Å². The van der Waals surface area contributed by atoms with Gasteiger partial charge in [-0.2, -0.15) is 5.10 Å². The van der Waals surface area contributed by atoms with Crippen molar-refractivity contribution in [3.63, 3.8) is 0 Å². The van der Waals surface area contributed by atoms with Crippen molar-refractivity contribution in [2.24, 2.45) is 0 Å². The van der Waals surface area contributed by atoms with Gasteiger partial charge in [0.2, 0.25) is 5.88 Å². The van der Waals surface area contributed by atoms with E-state index in [0.717, 1.165) is 5.56 Å². The number of hydrogen-bond donors (Lipinski definition) is 1. The highest BCUT2D eigenvalue weighted by atomic mass is 32.2. The lowest BCUT2D eigenvalue weighted by molar-refractivity contribution is 0.454. The van der Waals surface area contributed by atoms with Crippen molar-refractivity contribution in [1.29, 1.82) is 0 Å². The third-order valence-electron chi connectivity index (χ3n) is 4.03. The molecular formula is C20H17N5O3S. The molecule has 0 aliphatic heterocycles. The molecule has 0 aliphatic rings. The summed E-state index contributed by atoms with van der Waals surface area (Å²) in [6, 6.07) is 18.4. The zero-order chi connectivity index (χ0) is 20.3. The minimum Gasteiger partial charge on any atom is -0.438 e. The number of nitrogens with zero attached hydrogens (tertiary/aromatic N) is 4. The summed E-state index contributed by atoms with van der Waals surface area (Å²) in [7, 11) is -3.65. The molecule has 1 N–H and O–H groups in total. The van der Waals surface area contributed by atoms with Gasteiger partial charge in [-0.25, -0.2) is 13.1 Å². The van der Waals surface area contributed by atoms with Gasteiger partial charge in [0, 0.05) is 24.1 Å². The van der Waals surface area contributed by atoms with Crippen molar-refractivity contribution in [2.75, 3.05) is 4.72 Å². The van der Waals surface area contributed by atoms with Gasteiger partial charge in [-0.05, 0) is 55.5 Å². The number of aryl methyl sites for hydroxylation is 1. The molecule has 9 heteroatoms. The van der Waals surface area contributed by atoms with Crippen molar-refractivity contribution in [2.45, 2.75) is 11.8 Å². The zero-order valence-corrected chi connectivity index (χ0v) is 16.2. The normalized spacial score (nSPS) is 11.2. The zero-order valence-electron chi connectivity index (χ0n) is 15.4. The number of sulfonamides is 1. The predicted octanol–water partition coefficient (Wildman–Crippen LogP) is 3.56. The van der Waals surface area contributed by atoms with Crippen LogP contribution in [0.2, 0.25) is 0 Å². The molecule has 8 nitrogen and oxygen atoms in total. The molecular weight excluding hydrogens is 390 g/mol. The summed E-state index contributed by atoms with van der Waals surface area (Å²) in [5, 5.41) is 12.2. The van der Waals surface area contributed by atoms with E-state index in [-0.39, 0.29) is 4.90 Å². The third kappa shape index (κ3) is 4.41. The van der Waals surface area contributed by atoms with E-state index in [1.165, 1.54) is 0 Å². The van der Waals surface area contributed by atoms with Crippen LogP contribution < -0.4 is 9.46 Å². The third-order valence-corrected chi connectivity index (χ3v) is 5.42. The summed E-state index contributed by atoms with van der Waals surface area (Å²) >= 11 is 0. The summed E-state index contributed by atoms with van der Waals surface area (Å²) in [6.45, 7) is 1.90. The first-order valence-electron chi connectivity index (χ1n) is 8.71. The molecule has 0 aliphatic carbocycles. The van der Waals surface area contributed by atoms with Crippen molar-refractivity contribution >= 4 is 15.7 Å². The van der Waals surface area contributed by atoms with Gasteiger partial charge in [-0.15, -0.1) is 10.2 Å². The Balaban J connectivity index is 1.43. The molecule has 29 heavy (non-hydrogen) atoms. The smallest absolute Gasteiger partial charge is 0.261 e. The number of nitrogens with one attached hydrogen (secondary N) is 1. The van der Waals surface area contributed by atoms with Gasteiger partial charge < -0.3 is 4.74 Å². The Morgan fingerprint density at radius 2 is 1.69 bits per heavy atom. The first kappa shape index (κ1) is 18.6. The van der Waals surface area contributed by atoms with Crippen LogP contribution in [0.3, 0.4) is 0 Å². The van der Waals surface area contributed by atoms with Crippen molar-refractivity contribution in [3.8, 4) is 17.4 Å². The molecule has 2 heterocycles. The van der Waals surface area contributed by atoms with Crippen molar-refractivity contribution in [3.05, 3.63) is 84.7 Å². The Morgan fingerprint density at radius 3 is 2.31 bits per heavy atom. The van der Waals surface area contributed by atoms with E-state index in [9.17, 15) is 8.42 Å². The van der Waals surface area contributed by atoms with E-state index in [4.69, 9.17) is 4.74 Å². The number of aromatic nitrogens is 4. The van der Waals surface area contributed by atoms with Crippen LogP contribution in [0.1, 0.15) is 5.56 Å². The molecule has 0 atom stereocenters. The van der Waals surface area contributed by atoms with Crippen LogP contribution in [0.4, 0.5) is 5.69 Å². The van der Waals surface area contributed by atoms with Gasteiger partial charge in [-0.3, -0.25) is 4.72 Å². The molecule has 0 fully saturated rings. The summed E-state index contributed by atoms with van der Waals surface area (Å²) in [6.07, 6.45) is 3.42. The van der Waals surface area contributed by atoms with Crippen LogP contribution in [0, 0.1) is 6.92 Å². The quantitative estimate of drug-likeness (QED) is 0.525. The standard InChI is InChI=1S/C20H17N5O3S/c1-15-3-9-18(10-4-15)29(26,27)24-16-5-7-17(8-6-16)28-20-12-11-19(22-23-20)25-14-2-13-21-25/h2-14,24H,1H3. The monoisotopic (exact) mass is 407 g/mol. The summed E-state index contributed by atoms with van der Waals surface area (Å²) < 4.78 is 34.7. The van der Waals surface area contributed by atoms with E-state index in [2.05, 4.69) is 20.0 Å². The second-order valence-electron chi connectivity index (χ2n) is 6.23. The average molecular weight is 407 g/mol. The summed E-state index contributed by atoms with van der Waals surface area (Å²) in [5.41, 5.74) is 1.42. The number of benzene rings is 2. The van der Waals surface area contributed by atoms with Gasteiger partial charge in [0.15, 0.2) is 5.82 Å². The largest absolute Gasteiger partial charge is 0.438 e. The van der Waals surface area contributed by atoms with Crippen LogP contribution in [-0.4, -0.2) is 28.4 Å². The number of hydrogen-bond acceptors (Lipinski definition) is 6. The van der Waals surface area contributed by atoms with E-state index in [1.54, 1.807) is 83.8 Å². The molecule has 2 aromatic heterocycles. The van der Waals surface area contributed by atoms with E-state index >= 15 is 0 Å². The van der Waals surface area contributed by atoms with Crippen LogP contribution in [-0.2, 0) is 10.0 Å². The average Bonchev–Trinajstić information content (AvgIpc) is 3.25. The maximum atomic E-state index is 12.5. The maximum absolute atomic E-state index is 12.5. The van der Waals surface area contributed by atoms with E-state index < -0.39 is 10.0 Å². The Morgan fingerprint density at radius 1 is 0.931 bits per heavy atom. The topological polar surface area (TPSA) is 99.0 Å². The summed E-state index contributed by atoms with van der Waals surface area (Å²) in [4.78, 5) is 0.205. The Kier molecular flexibility index (Phi) is 4.96. The molecule has 4 aromatic rings. The van der Waals surface area contributed by atoms with Crippen LogP contribution in [0.15, 0.2) is 84.0 Å². The lowest BCUT2D eigenvalue weighted by atomic mass is 10.2. The molecule has 0 radical (unpaired) electrons. The first-order valence-corrected chi connectivity index (χ1v) is 10.2. The molecule has 146 valence electrons. The van der Waals surface area contributed by atoms with Crippen LogP contribution >= 0.6 is 0 Å². The number of anilines is 1. The fourth-order valence-corrected chi connectivity index (χ4v) is 3.60. The van der Waals surface area contributed by atoms with Gasteiger partial charge in [0.1, 0.15) is 5.75 Å². The lowest BCUT2D eigenvalue weighted by Crippen LogP contribution is -2.12. The lowest BCUT2D eigenvalue weighted by Gasteiger charge is -2.09. The van der Waals surface area contributed by atoms with Crippen LogP contribution in [0.5, 0.6) is 11.6 Å². The number of ether oxygens (including phenoxy) is 1. The van der Waals surface area contributed by atoms with Crippen molar-refractivity contribution in [1.82, 2.24) is 20.0 Å². The maximum Gasteiger partial charge on any atom is 0.261 e. The minimum absolute atomic E-state index is 0.205. The molecule has 0 saturated carbocycles. The van der Waals surface area contributed by atoms with E-state index in [0.29, 0.717) is 23.1 Å². The second kappa shape index (κ2) is 7.72. The second-order valence-corrected chi connectivity index (χ2v) is 7.91. The minimum atomic E-state index is -3.65. The molecule has 0 spiro atoms. The van der Waals surface area contributed by atoms with Crippen molar-refractivity contribution < 1.29 is 13.2 Å². The molecule has 0 bridgehead atoms. The molecule has 0 unspecified atom stereocenters. The van der Waals surface area contributed by atoms with Gasteiger partial charge in [0.25, 0.3) is 10.0 Å². The predicted molar refractivity (Wildman–Crippen MR) is 108 cm³/mol. The Hall–Kier alpha value is -3.72. The summed E-state index contributed by atoms with van der Waals surface area (Å²) in [5.74, 6) is 1.39.